The molecule has 5 rings (SSSR count). The Morgan fingerprint density at radius 2 is 1.53 bits per heavy atom. The van der Waals surface area contributed by atoms with Gasteiger partial charge in [-0.1, -0.05) is 87.5 Å². The number of hydrogen-bond acceptors (Lipinski definition) is 4. The van der Waals surface area contributed by atoms with Gasteiger partial charge in [-0.3, -0.25) is 10.1 Å². The Balaban J connectivity index is 1.42. The summed E-state index contributed by atoms with van der Waals surface area (Å²) in [6, 6.07) is 26.5. The van der Waals surface area contributed by atoms with Crippen LogP contribution in [0.5, 0.6) is 0 Å². The molecule has 0 aliphatic heterocycles. The molecule has 2 heterocycles. The molecule has 0 unspecified atom stereocenters. The molecule has 1 amide bonds. The Morgan fingerprint density at radius 1 is 0.861 bits per heavy atom. The quantitative estimate of drug-likeness (QED) is 0.251. The lowest BCUT2D eigenvalue weighted by Crippen LogP contribution is -2.13. The summed E-state index contributed by atoms with van der Waals surface area (Å²) in [6.07, 6.45) is 2.04. The van der Waals surface area contributed by atoms with E-state index in [9.17, 15) is 4.79 Å². The third-order valence-corrected chi connectivity index (χ3v) is 6.99. The number of nitrogens with one attached hydrogen (secondary N) is 1. The Morgan fingerprint density at radius 3 is 2.22 bits per heavy atom. The van der Waals surface area contributed by atoms with Gasteiger partial charge < -0.3 is 0 Å². The molecule has 0 radical (unpaired) electrons. The average Bonchev–Trinajstić information content (AvgIpc) is 3.36. The van der Waals surface area contributed by atoms with Crippen LogP contribution < -0.4 is 5.32 Å². The Hall–Kier alpha value is -3.83. The monoisotopic (exact) mass is 491 g/mol. The van der Waals surface area contributed by atoms with Crippen LogP contribution in [0, 0.1) is 5.92 Å². The summed E-state index contributed by atoms with van der Waals surface area (Å²) in [7, 11) is 0. The molecular weight excluding hydrogens is 462 g/mol. The van der Waals surface area contributed by atoms with Gasteiger partial charge in [0.25, 0.3) is 5.91 Å². The van der Waals surface area contributed by atoms with E-state index in [1.54, 1.807) is 0 Å². The van der Waals surface area contributed by atoms with Crippen molar-refractivity contribution >= 4 is 33.3 Å². The molecule has 0 atom stereocenters. The normalized spacial score (nSPS) is 11.2. The first-order valence-electron chi connectivity index (χ1n) is 12.4. The summed E-state index contributed by atoms with van der Waals surface area (Å²) >= 11 is 1.43. The maximum absolute atomic E-state index is 13.4. The summed E-state index contributed by atoms with van der Waals surface area (Å²) in [5, 5.41) is 6.40. The largest absolute Gasteiger partial charge is 0.298 e. The van der Waals surface area contributed by atoms with Crippen molar-refractivity contribution in [3.63, 3.8) is 0 Å². The molecule has 0 aliphatic rings. The van der Waals surface area contributed by atoms with Gasteiger partial charge in [0.2, 0.25) is 0 Å². The van der Waals surface area contributed by atoms with Crippen LogP contribution in [-0.2, 0) is 12.8 Å². The van der Waals surface area contributed by atoms with Gasteiger partial charge in [0, 0.05) is 21.9 Å². The lowest BCUT2D eigenvalue weighted by molar-refractivity contribution is 0.102. The second-order valence-electron chi connectivity index (χ2n) is 9.41. The second kappa shape index (κ2) is 10.4. The van der Waals surface area contributed by atoms with Gasteiger partial charge >= 0.3 is 0 Å². The molecule has 36 heavy (non-hydrogen) atoms. The lowest BCUT2D eigenvalue weighted by Gasteiger charge is -2.10. The number of amides is 1. The number of anilines is 1. The van der Waals surface area contributed by atoms with Crippen molar-refractivity contribution in [2.45, 2.75) is 33.6 Å². The van der Waals surface area contributed by atoms with Crippen molar-refractivity contribution in [3.05, 3.63) is 101 Å². The van der Waals surface area contributed by atoms with Gasteiger partial charge in [0.05, 0.1) is 22.5 Å². The molecule has 0 bridgehead atoms. The molecule has 4 nitrogen and oxygen atoms in total. The highest BCUT2D eigenvalue weighted by Gasteiger charge is 2.16. The molecule has 3 aromatic carbocycles. The predicted octanol–water partition coefficient (Wildman–Crippen LogP) is 8.04. The number of nitrogens with zero attached hydrogens (tertiary/aromatic N) is 2. The van der Waals surface area contributed by atoms with E-state index < -0.39 is 0 Å². The molecular formula is C31H29N3OS. The maximum Gasteiger partial charge on any atom is 0.258 e. The summed E-state index contributed by atoms with van der Waals surface area (Å²) in [4.78, 5) is 22.9. The number of benzene rings is 3. The van der Waals surface area contributed by atoms with Crippen molar-refractivity contribution in [1.29, 1.82) is 0 Å². The van der Waals surface area contributed by atoms with E-state index in [0.717, 1.165) is 46.3 Å². The standard InChI is InChI=1S/C31H29N3OS/c1-4-21-9-13-23(14-10-21)28-18-26(25-7-5-6-8-27(25)32-28)30(35)34-31-33-29(19-36-31)24-15-11-22(12-16-24)17-20(2)3/h5-16,18-20H,4,17H2,1-3H3,(H,33,34,35). The fourth-order valence-electron chi connectivity index (χ4n) is 4.33. The summed E-state index contributed by atoms with van der Waals surface area (Å²) in [6.45, 7) is 6.58. The van der Waals surface area contributed by atoms with Crippen molar-refractivity contribution in [2.75, 3.05) is 5.32 Å². The number of thiazole rings is 1. The Labute approximate surface area is 216 Å². The van der Waals surface area contributed by atoms with Crippen LogP contribution in [0.25, 0.3) is 33.4 Å². The minimum atomic E-state index is -0.187. The number of aromatic nitrogens is 2. The number of aryl methyl sites for hydroxylation is 1. The fraction of sp³-hybridized carbons (Fsp3) is 0.194. The third-order valence-electron chi connectivity index (χ3n) is 6.24. The zero-order valence-corrected chi connectivity index (χ0v) is 21.6. The predicted molar refractivity (Wildman–Crippen MR) is 151 cm³/mol. The van der Waals surface area contributed by atoms with E-state index in [2.05, 4.69) is 79.6 Å². The van der Waals surface area contributed by atoms with Crippen LogP contribution >= 0.6 is 11.3 Å². The molecule has 0 fully saturated rings. The summed E-state index contributed by atoms with van der Waals surface area (Å²) < 4.78 is 0. The molecule has 0 aliphatic carbocycles. The first kappa shape index (κ1) is 23.9. The molecule has 5 heteroatoms. The first-order chi connectivity index (χ1) is 17.5. The van der Waals surface area contributed by atoms with Gasteiger partial charge in [-0.2, -0.15) is 0 Å². The number of fused-ring (bicyclic) bond motifs is 1. The molecule has 5 aromatic rings. The van der Waals surface area contributed by atoms with E-state index in [-0.39, 0.29) is 5.91 Å². The fourth-order valence-corrected chi connectivity index (χ4v) is 5.05. The van der Waals surface area contributed by atoms with Gasteiger partial charge in [0.15, 0.2) is 5.13 Å². The van der Waals surface area contributed by atoms with E-state index in [1.165, 1.54) is 22.5 Å². The highest BCUT2D eigenvalue weighted by Crippen LogP contribution is 2.29. The number of para-hydroxylation sites is 1. The van der Waals surface area contributed by atoms with Gasteiger partial charge in [-0.15, -0.1) is 11.3 Å². The van der Waals surface area contributed by atoms with Gasteiger partial charge in [0.1, 0.15) is 0 Å². The van der Waals surface area contributed by atoms with Crippen LogP contribution in [0.15, 0.2) is 84.2 Å². The van der Waals surface area contributed by atoms with Gasteiger partial charge in [-0.25, -0.2) is 9.97 Å². The zero-order valence-electron chi connectivity index (χ0n) is 20.8. The molecule has 0 spiro atoms. The maximum atomic E-state index is 13.4. The SMILES string of the molecule is CCc1ccc(-c2cc(C(=O)Nc3nc(-c4ccc(CC(C)C)cc4)cs3)c3ccccc3n2)cc1. The number of pyridine rings is 1. The van der Waals surface area contributed by atoms with E-state index >= 15 is 0 Å². The Kier molecular flexibility index (Phi) is 6.92. The van der Waals surface area contributed by atoms with Crippen LogP contribution in [0.3, 0.4) is 0 Å². The van der Waals surface area contributed by atoms with Crippen molar-refractivity contribution in [2.24, 2.45) is 5.92 Å². The topological polar surface area (TPSA) is 54.9 Å². The van der Waals surface area contributed by atoms with E-state index in [1.807, 2.05) is 35.7 Å². The minimum Gasteiger partial charge on any atom is -0.298 e. The smallest absolute Gasteiger partial charge is 0.258 e. The van der Waals surface area contributed by atoms with Crippen molar-refractivity contribution < 1.29 is 4.79 Å². The van der Waals surface area contributed by atoms with E-state index in [4.69, 9.17) is 4.98 Å². The highest BCUT2D eigenvalue weighted by molar-refractivity contribution is 7.14. The number of carbonyl (C=O) groups is 1. The van der Waals surface area contributed by atoms with E-state index in [0.29, 0.717) is 16.6 Å². The third kappa shape index (κ3) is 5.21. The molecule has 0 saturated carbocycles. The molecule has 2 aromatic heterocycles. The minimum absolute atomic E-state index is 0.187. The average molecular weight is 492 g/mol. The van der Waals surface area contributed by atoms with Crippen LogP contribution in [0.4, 0.5) is 5.13 Å². The Bertz CT molecular complexity index is 1500. The molecule has 1 N–H and O–H groups in total. The van der Waals surface area contributed by atoms with Crippen LogP contribution in [0.2, 0.25) is 0 Å². The number of rotatable bonds is 7. The van der Waals surface area contributed by atoms with Gasteiger partial charge in [-0.05, 0) is 42.0 Å². The van der Waals surface area contributed by atoms with Crippen LogP contribution in [-0.4, -0.2) is 15.9 Å². The lowest BCUT2D eigenvalue weighted by atomic mass is 10.0. The highest BCUT2D eigenvalue weighted by atomic mass is 32.1. The first-order valence-corrected chi connectivity index (χ1v) is 13.2. The summed E-state index contributed by atoms with van der Waals surface area (Å²) in [5.74, 6) is 0.436. The zero-order chi connectivity index (χ0) is 25.1. The van der Waals surface area contributed by atoms with Crippen molar-refractivity contribution in [1.82, 2.24) is 9.97 Å². The second-order valence-corrected chi connectivity index (χ2v) is 10.3. The van der Waals surface area contributed by atoms with Crippen molar-refractivity contribution in [3.8, 4) is 22.5 Å². The molecule has 180 valence electrons. The molecule has 0 saturated heterocycles. The number of hydrogen-bond donors (Lipinski definition) is 1. The van der Waals surface area contributed by atoms with Crippen LogP contribution in [0.1, 0.15) is 42.3 Å². The summed E-state index contributed by atoms with van der Waals surface area (Å²) in [5.41, 5.74) is 7.65. The number of carbonyl (C=O) groups excluding carboxylic acids is 1.